The van der Waals surface area contributed by atoms with Gasteiger partial charge >= 0.3 is 0 Å². The lowest BCUT2D eigenvalue weighted by atomic mass is 10.2. The van der Waals surface area contributed by atoms with Gasteiger partial charge in [-0.15, -0.1) is 0 Å². The number of thiocarbonyl (C=S) groups is 1. The molecular formula is C22H24N4O4S. The molecule has 2 rings (SSSR count). The molecule has 0 aliphatic heterocycles. The highest BCUT2D eigenvalue weighted by Gasteiger charge is 2.08. The minimum Gasteiger partial charge on any atom is -0.497 e. The quantitative estimate of drug-likeness (QED) is 0.283. The predicted octanol–water partition coefficient (Wildman–Crippen LogP) is 1.83. The Hall–Kier alpha value is -3.72. The Kier molecular flexibility index (Phi) is 9.70. The minimum absolute atomic E-state index is 0.0262. The number of rotatable bonds is 8. The van der Waals surface area contributed by atoms with Crippen LogP contribution in [-0.4, -0.2) is 29.9 Å². The van der Waals surface area contributed by atoms with Gasteiger partial charge in [-0.05, 0) is 41.6 Å². The molecule has 8 nitrogen and oxygen atoms in total. The summed E-state index contributed by atoms with van der Waals surface area (Å²) in [5.74, 6) is -0.405. The normalized spacial score (nSPS) is 10.2. The molecule has 0 bridgehead atoms. The number of benzene rings is 2. The van der Waals surface area contributed by atoms with Crippen LogP contribution >= 0.6 is 12.2 Å². The molecule has 9 heteroatoms. The fourth-order valence-electron chi connectivity index (χ4n) is 2.37. The number of ether oxygens (including phenoxy) is 1. The SMILES string of the molecule is COc1ccc(C=CC(=O)NC(=S)NNC(=O)CCC(=O)NCc2ccccc2)cc1. The average molecular weight is 441 g/mol. The second-order valence-electron chi connectivity index (χ2n) is 6.36. The van der Waals surface area contributed by atoms with Gasteiger partial charge in [0, 0.05) is 25.5 Å². The van der Waals surface area contributed by atoms with E-state index in [4.69, 9.17) is 17.0 Å². The third-order valence-corrected chi connectivity index (χ3v) is 4.21. The number of amides is 3. The van der Waals surface area contributed by atoms with Gasteiger partial charge < -0.3 is 10.1 Å². The van der Waals surface area contributed by atoms with Gasteiger partial charge in [-0.25, -0.2) is 0 Å². The van der Waals surface area contributed by atoms with E-state index in [2.05, 4.69) is 21.5 Å². The summed E-state index contributed by atoms with van der Waals surface area (Å²) in [6, 6.07) is 16.6. The van der Waals surface area contributed by atoms with Crippen LogP contribution in [-0.2, 0) is 20.9 Å². The number of hydrazine groups is 1. The molecule has 0 unspecified atom stereocenters. The molecule has 0 fully saturated rings. The van der Waals surface area contributed by atoms with E-state index >= 15 is 0 Å². The van der Waals surface area contributed by atoms with Crippen molar-refractivity contribution in [3.8, 4) is 5.75 Å². The third-order valence-electron chi connectivity index (χ3n) is 4.01. The largest absolute Gasteiger partial charge is 0.497 e. The molecule has 0 aliphatic rings. The van der Waals surface area contributed by atoms with E-state index in [1.165, 1.54) is 6.08 Å². The summed E-state index contributed by atoms with van der Waals surface area (Å²) >= 11 is 4.96. The van der Waals surface area contributed by atoms with Crippen LogP contribution in [0.2, 0.25) is 0 Å². The van der Waals surface area contributed by atoms with Crippen LogP contribution in [0.1, 0.15) is 24.0 Å². The summed E-state index contributed by atoms with van der Waals surface area (Å²) in [7, 11) is 1.58. The molecule has 0 heterocycles. The highest BCUT2D eigenvalue weighted by molar-refractivity contribution is 7.80. The molecule has 31 heavy (non-hydrogen) atoms. The van der Waals surface area contributed by atoms with Crippen LogP contribution in [0.5, 0.6) is 5.75 Å². The zero-order valence-corrected chi connectivity index (χ0v) is 17.8. The van der Waals surface area contributed by atoms with Gasteiger partial charge in [0.2, 0.25) is 17.7 Å². The molecule has 0 radical (unpaired) electrons. The van der Waals surface area contributed by atoms with E-state index in [9.17, 15) is 14.4 Å². The Bertz CT molecular complexity index is 930. The molecule has 0 aromatic heterocycles. The summed E-state index contributed by atoms with van der Waals surface area (Å²) in [6.07, 6.45) is 2.93. The van der Waals surface area contributed by atoms with Crippen molar-refractivity contribution in [1.29, 1.82) is 0 Å². The monoisotopic (exact) mass is 440 g/mol. The van der Waals surface area contributed by atoms with Crippen LogP contribution in [0.3, 0.4) is 0 Å². The number of carbonyl (C=O) groups is 3. The topological polar surface area (TPSA) is 109 Å². The first kappa shape index (κ1) is 23.6. The Morgan fingerprint density at radius 3 is 2.29 bits per heavy atom. The highest BCUT2D eigenvalue weighted by Crippen LogP contribution is 2.12. The summed E-state index contributed by atoms with van der Waals surface area (Å²) in [5, 5.41) is 5.09. The van der Waals surface area contributed by atoms with Crippen LogP contribution < -0.4 is 26.2 Å². The number of methoxy groups -OCH3 is 1. The molecule has 162 valence electrons. The second kappa shape index (κ2) is 12.8. The van der Waals surface area contributed by atoms with Crippen LogP contribution in [0.4, 0.5) is 0 Å². The zero-order valence-electron chi connectivity index (χ0n) is 17.0. The zero-order chi connectivity index (χ0) is 22.5. The minimum atomic E-state index is -0.456. The lowest BCUT2D eigenvalue weighted by Crippen LogP contribution is -2.48. The molecule has 0 aliphatic carbocycles. The predicted molar refractivity (Wildman–Crippen MR) is 122 cm³/mol. The molecule has 0 saturated heterocycles. The van der Waals surface area contributed by atoms with E-state index in [1.54, 1.807) is 37.5 Å². The Labute approximate surface area is 186 Å². The number of nitrogens with one attached hydrogen (secondary N) is 4. The molecule has 0 atom stereocenters. The standard InChI is InChI=1S/C22H24N4O4S/c1-30-18-10-7-16(8-11-18)9-12-20(28)24-22(31)26-25-21(29)14-13-19(27)23-15-17-5-3-2-4-6-17/h2-12H,13-15H2,1H3,(H,23,27)(H,25,29)(H2,24,26,28,31). The number of carbonyl (C=O) groups excluding carboxylic acids is 3. The number of hydrogen-bond donors (Lipinski definition) is 4. The molecule has 0 saturated carbocycles. The fourth-order valence-corrected chi connectivity index (χ4v) is 2.52. The maximum atomic E-state index is 11.9. The van der Waals surface area contributed by atoms with Crippen molar-refractivity contribution in [3.05, 3.63) is 71.8 Å². The van der Waals surface area contributed by atoms with E-state index in [1.807, 2.05) is 30.3 Å². The Morgan fingerprint density at radius 2 is 1.61 bits per heavy atom. The van der Waals surface area contributed by atoms with Crippen molar-refractivity contribution in [2.45, 2.75) is 19.4 Å². The van der Waals surface area contributed by atoms with Gasteiger partial charge in [0.1, 0.15) is 5.75 Å². The molecular weight excluding hydrogens is 416 g/mol. The van der Waals surface area contributed by atoms with Gasteiger partial charge in [0.05, 0.1) is 7.11 Å². The van der Waals surface area contributed by atoms with Crippen LogP contribution in [0.25, 0.3) is 6.08 Å². The Morgan fingerprint density at radius 1 is 0.935 bits per heavy atom. The first-order chi connectivity index (χ1) is 15.0. The van der Waals surface area contributed by atoms with E-state index in [0.717, 1.165) is 16.9 Å². The maximum Gasteiger partial charge on any atom is 0.250 e. The first-order valence-corrected chi connectivity index (χ1v) is 9.89. The van der Waals surface area contributed by atoms with Crippen molar-refractivity contribution in [1.82, 2.24) is 21.5 Å². The highest BCUT2D eigenvalue weighted by atomic mass is 32.1. The van der Waals surface area contributed by atoms with Gasteiger partial charge in [-0.1, -0.05) is 42.5 Å². The van der Waals surface area contributed by atoms with Gasteiger partial charge in [0.25, 0.3) is 0 Å². The van der Waals surface area contributed by atoms with Crippen molar-refractivity contribution in [2.75, 3.05) is 7.11 Å². The summed E-state index contributed by atoms with van der Waals surface area (Å²) in [6.45, 7) is 0.402. The molecule has 4 N–H and O–H groups in total. The van der Waals surface area contributed by atoms with Crippen LogP contribution in [0.15, 0.2) is 60.7 Å². The summed E-state index contributed by atoms with van der Waals surface area (Å²) in [5.41, 5.74) is 6.56. The fraction of sp³-hybridized carbons (Fsp3) is 0.182. The lowest BCUT2D eigenvalue weighted by Gasteiger charge is -2.10. The van der Waals surface area contributed by atoms with E-state index in [0.29, 0.717) is 6.54 Å². The number of hydrogen-bond acceptors (Lipinski definition) is 5. The molecule has 2 aromatic rings. The maximum absolute atomic E-state index is 11.9. The van der Waals surface area contributed by atoms with Crippen molar-refractivity contribution >= 4 is 41.1 Å². The van der Waals surface area contributed by atoms with E-state index < -0.39 is 11.8 Å². The Balaban J connectivity index is 1.62. The van der Waals surface area contributed by atoms with Crippen molar-refractivity contribution < 1.29 is 19.1 Å². The van der Waals surface area contributed by atoms with Crippen LogP contribution in [0, 0.1) is 0 Å². The summed E-state index contributed by atoms with van der Waals surface area (Å²) < 4.78 is 5.07. The summed E-state index contributed by atoms with van der Waals surface area (Å²) in [4.78, 5) is 35.5. The van der Waals surface area contributed by atoms with Crippen molar-refractivity contribution in [3.63, 3.8) is 0 Å². The average Bonchev–Trinajstić information content (AvgIpc) is 2.79. The van der Waals surface area contributed by atoms with Gasteiger partial charge in [-0.3, -0.25) is 30.6 Å². The van der Waals surface area contributed by atoms with E-state index in [-0.39, 0.29) is 23.9 Å². The molecule has 3 amide bonds. The van der Waals surface area contributed by atoms with Crippen molar-refractivity contribution in [2.24, 2.45) is 0 Å². The lowest BCUT2D eigenvalue weighted by molar-refractivity contribution is -0.126. The second-order valence-corrected chi connectivity index (χ2v) is 6.77. The van der Waals surface area contributed by atoms with Gasteiger partial charge in [0.15, 0.2) is 5.11 Å². The smallest absolute Gasteiger partial charge is 0.250 e. The molecule has 0 spiro atoms. The van der Waals surface area contributed by atoms with Gasteiger partial charge in [-0.2, -0.15) is 0 Å². The molecule has 2 aromatic carbocycles. The third kappa shape index (κ3) is 9.55. The first-order valence-electron chi connectivity index (χ1n) is 9.49.